The van der Waals surface area contributed by atoms with E-state index < -0.39 is 19.2 Å². The molecule has 0 saturated heterocycles. The lowest BCUT2D eigenvalue weighted by Gasteiger charge is -2.57. The summed E-state index contributed by atoms with van der Waals surface area (Å²) in [5.41, 5.74) is 0.350. The lowest BCUT2D eigenvalue weighted by Crippen LogP contribution is -2.49. The van der Waals surface area contributed by atoms with Crippen molar-refractivity contribution in [3.63, 3.8) is 0 Å². The molecular formula is C23H33F2O4P. The van der Waals surface area contributed by atoms with Crippen LogP contribution in [0.1, 0.15) is 64.4 Å². The Labute approximate surface area is 178 Å². The molecule has 7 heteroatoms. The van der Waals surface area contributed by atoms with Crippen molar-refractivity contribution < 1.29 is 27.1 Å². The fourth-order valence-corrected chi connectivity index (χ4v) is 8.13. The number of benzene rings is 1. The summed E-state index contributed by atoms with van der Waals surface area (Å²) in [6.45, 7) is 4.22. The average molecular weight is 442 g/mol. The molecule has 1 aromatic rings. The van der Waals surface area contributed by atoms with Gasteiger partial charge in [0.25, 0.3) is 0 Å². The van der Waals surface area contributed by atoms with Crippen LogP contribution in [0.2, 0.25) is 0 Å². The van der Waals surface area contributed by atoms with E-state index in [4.69, 9.17) is 13.8 Å². The Bertz CT molecular complexity index is 767. The van der Waals surface area contributed by atoms with Crippen LogP contribution in [0, 0.1) is 29.4 Å². The van der Waals surface area contributed by atoms with Crippen LogP contribution in [0.4, 0.5) is 8.78 Å². The Morgan fingerprint density at radius 1 is 0.967 bits per heavy atom. The van der Waals surface area contributed by atoms with Gasteiger partial charge in [-0.3, -0.25) is 4.57 Å². The summed E-state index contributed by atoms with van der Waals surface area (Å²) in [5, 5.41) is 0. The van der Waals surface area contributed by atoms with Crippen molar-refractivity contribution in [3.05, 3.63) is 29.3 Å². The Balaban J connectivity index is 1.41. The highest BCUT2D eigenvalue weighted by Gasteiger charge is 2.52. The van der Waals surface area contributed by atoms with Crippen LogP contribution in [-0.4, -0.2) is 26.0 Å². The van der Waals surface area contributed by atoms with E-state index >= 15 is 4.39 Å². The zero-order chi connectivity index (χ0) is 21.4. The summed E-state index contributed by atoms with van der Waals surface area (Å²) in [6.07, 6.45) is 7.30. The van der Waals surface area contributed by atoms with Crippen LogP contribution in [0.5, 0.6) is 5.75 Å². The quantitative estimate of drug-likeness (QED) is 0.308. The van der Waals surface area contributed by atoms with E-state index in [0.29, 0.717) is 43.0 Å². The van der Waals surface area contributed by atoms with Crippen LogP contribution >= 0.6 is 7.60 Å². The largest absolute Gasteiger partial charge is 0.490 e. The van der Waals surface area contributed by atoms with Crippen molar-refractivity contribution in [2.75, 3.05) is 26.0 Å². The molecule has 0 heterocycles. The minimum absolute atomic E-state index is 0.0800. The molecule has 4 fully saturated rings. The number of halogens is 2. The lowest BCUT2D eigenvalue weighted by atomic mass is 9.48. The second kappa shape index (κ2) is 8.88. The zero-order valence-electron chi connectivity index (χ0n) is 18.0. The molecule has 0 spiro atoms. The standard InChI is InChI=1S/C23H33F2O4P/c1-3-28-30(26,29-4-2)9-5-8-27-20-7-6-19(21(24)22(20)25)23-13-16-10-17(14-23)12-18(11-16)15-23/h6-7,16-18H,3-5,8-15H2,1-2H3/t16-,17?,18?,23-. The van der Waals surface area contributed by atoms with Crippen LogP contribution in [0.3, 0.4) is 0 Å². The number of hydrogen-bond acceptors (Lipinski definition) is 4. The van der Waals surface area contributed by atoms with E-state index in [1.165, 1.54) is 19.3 Å². The van der Waals surface area contributed by atoms with Gasteiger partial charge in [0.05, 0.1) is 26.0 Å². The van der Waals surface area contributed by atoms with Crippen molar-refractivity contribution in [3.8, 4) is 5.75 Å². The molecule has 0 aromatic heterocycles. The van der Waals surface area contributed by atoms with Gasteiger partial charge in [-0.05, 0) is 93.6 Å². The third-order valence-corrected chi connectivity index (χ3v) is 9.31. The maximum absolute atomic E-state index is 15.1. The van der Waals surface area contributed by atoms with Crippen molar-refractivity contribution in [2.24, 2.45) is 17.8 Å². The maximum Gasteiger partial charge on any atom is 0.330 e. The van der Waals surface area contributed by atoms with E-state index in [0.717, 1.165) is 19.3 Å². The molecule has 30 heavy (non-hydrogen) atoms. The smallest absolute Gasteiger partial charge is 0.330 e. The maximum atomic E-state index is 15.1. The molecule has 4 bridgehead atoms. The average Bonchev–Trinajstić information content (AvgIpc) is 2.67. The predicted octanol–water partition coefficient (Wildman–Crippen LogP) is 6.47. The first-order valence-corrected chi connectivity index (χ1v) is 13.1. The van der Waals surface area contributed by atoms with Gasteiger partial charge in [0.1, 0.15) is 0 Å². The van der Waals surface area contributed by atoms with Gasteiger partial charge in [-0.1, -0.05) is 6.07 Å². The molecular weight excluding hydrogens is 409 g/mol. The molecule has 0 radical (unpaired) electrons. The molecule has 168 valence electrons. The Morgan fingerprint density at radius 2 is 1.53 bits per heavy atom. The summed E-state index contributed by atoms with van der Waals surface area (Å²) in [6, 6.07) is 3.31. The monoisotopic (exact) mass is 442 g/mol. The van der Waals surface area contributed by atoms with Gasteiger partial charge in [-0.2, -0.15) is 4.39 Å². The Hall–Kier alpha value is -0.970. The molecule has 4 aliphatic rings. The molecule has 0 aliphatic heterocycles. The molecule has 4 saturated carbocycles. The van der Waals surface area contributed by atoms with Crippen LogP contribution in [0.25, 0.3) is 0 Å². The highest BCUT2D eigenvalue weighted by atomic mass is 31.2. The van der Waals surface area contributed by atoms with Crippen LogP contribution < -0.4 is 4.74 Å². The molecule has 0 N–H and O–H groups in total. The van der Waals surface area contributed by atoms with Gasteiger partial charge in [0, 0.05) is 0 Å². The fraction of sp³-hybridized carbons (Fsp3) is 0.739. The molecule has 4 aliphatic carbocycles. The van der Waals surface area contributed by atoms with Gasteiger partial charge in [-0.25, -0.2) is 4.39 Å². The van der Waals surface area contributed by atoms with E-state index in [1.807, 2.05) is 0 Å². The van der Waals surface area contributed by atoms with E-state index in [2.05, 4.69) is 0 Å². The summed E-state index contributed by atoms with van der Waals surface area (Å²) in [4.78, 5) is 0. The minimum atomic E-state index is -3.15. The second-order valence-electron chi connectivity index (χ2n) is 9.31. The first-order valence-electron chi connectivity index (χ1n) is 11.4. The molecule has 0 atom stereocenters. The van der Waals surface area contributed by atoms with Gasteiger partial charge < -0.3 is 13.8 Å². The Morgan fingerprint density at radius 3 is 2.07 bits per heavy atom. The number of rotatable bonds is 10. The molecule has 5 rings (SSSR count). The third kappa shape index (κ3) is 4.33. The van der Waals surface area contributed by atoms with Crippen molar-refractivity contribution in [1.82, 2.24) is 0 Å². The fourth-order valence-electron chi connectivity index (χ4n) is 6.49. The summed E-state index contributed by atoms with van der Waals surface area (Å²) in [5.74, 6) is 0.274. The first-order chi connectivity index (χ1) is 14.4. The number of hydrogen-bond donors (Lipinski definition) is 0. The highest BCUT2D eigenvalue weighted by molar-refractivity contribution is 7.53. The van der Waals surface area contributed by atoms with Crippen LogP contribution in [-0.2, 0) is 19.0 Å². The van der Waals surface area contributed by atoms with Gasteiger partial charge in [0.2, 0.25) is 5.82 Å². The first kappa shape index (κ1) is 22.2. The van der Waals surface area contributed by atoms with E-state index in [1.54, 1.807) is 26.0 Å². The van der Waals surface area contributed by atoms with Crippen LogP contribution in [0.15, 0.2) is 12.1 Å². The van der Waals surface area contributed by atoms with Crippen molar-refractivity contribution in [2.45, 2.75) is 64.2 Å². The van der Waals surface area contributed by atoms with Crippen molar-refractivity contribution >= 4 is 7.60 Å². The van der Waals surface area contributed by atoms with Gasteiger partial charge >= 0.3 is 7.60 Å². The SMILES string of the molecule is CCOP(=O)(CCCOc1ccc([C@]23CC4CC(C[C@H](C4)C2)C3)c(F)c1F)OCC. The van der Waals surface area contributed by atoms with Gasteiger partial charge in [-0.15, -0.1) is 0 Å². The Kier molecular flexibility index (Phi) is 6.58. The third-order valence-electron chi connectivity index (χ3n) is 7.14. The molecule has 1 aromatic carbocycles. The number of ether oxygens (including phenoxy) is 1. The minimum Gasteiger partial charge on any atom is -0.490 e. The topological polar surface area (TPSA) is 44.8 Å². The molecule has 0 unspecified atom stereocenters. The zero-order valence-corrected chi connectivity index (χ0v) is 18.9. The molecule has 0 amide bonds. The molecule has 4 nitrogen and oxygen atoms in total. The normalized spacial score (nSPS) is 30.1. The van der Waals surface area contributed by atoms with E-state index in [-0.39, 0.29) is 23.9 Å². The second-order valence-corrected chi connectivity index (χ2v) is 11.5. The summed E-state index contributed by atoms with van der Waals surface area (Å²) in [7, 11) is -3.15. The predicted molar refractivity (Wildman–Crippen MR) is 112 cm³/mol. The lowest BCUT2D eigenvalue weighted by molar-refractivity contribution is -0.00708. The summed E-state index contributed by atoms with van der Waals surface area (Å²) < 4.78 is 58.4. The van der Waals surface area contributed by atoms with Crippen molar-refractivity contribution in [1.29, 1.82) is 0 Å². The highest BCUT2D eigenvalue weighted by Crippen LogP contribution is 2.61. The van der Waals surface area contributed by atoms with Gasteiger partial charge in [0.15, 0.2) is 11.6 Å². The summed E-state index contributed by atoms with van der Waals surface area (Å²) >= 11 is 0. The van der Waals surface area contributed by atoms with E-state index in [9.17, 15) is 8.96 Å².